The van der Waals surface area contributed by atoms with E-state index in [1.165, 1.54) is 82.7 Å². The first-order chi connectivity index (χ1) is 13.6. The standard InChI is InChI=1S/C26H39NO/c1-3-20-9-5-6-10-21(16-20)15-19(2)23-12-11-22-24(27-23)17-26(18-25(22)28)13-7-4-8-14-26/h11-12,19-21H,3-10,13-18H2,1-2H3. The molecular weight excluding hydrogens is 342 g/mol. The molecule has 2 nitrogen and oxygen atoms in total. The first-order valence-electron chi connectivity index (χ1n) is 12.1. The fourth-order valence-corrected chi connectivity index (χ4v) is 6.47. The number of pyridine rings is 1. The molecule has 3 aliphatic carbocycles. The van der Waals surface area contributed by atoms with Gasteiger partial charge < -0.3 is 0 Å². The Morgan fingerprint density at radius 1 is 1.04 bits per heavy atom. The molecule has 1 spiro atoms. The molecule has 154 valence electrons. The second-order valence-electron chi connectivity index (χ2n) is 10.4. The maximum Gasteiger partial charge on any atom is 0.165 e. The summed E-state index contributed by atoms with van der Waals surface area (Å²) in [5.74, 6) is 2.64. The van der Waals surface area contributed by atoms with Gasteiger partial charge in [0.05, 0.1) is 5.69 Å². The maximum atomic E-state index is 12.8. The van der Waals surface area contributed by atoms with Crippen LogP contribution < -0.4 is 0 Å². The van der Waals surface area contributed by atoms with Gasteiger partial charge in [0, 0.05) is 17.7 Å². The lowest BCUT2D eigenvalue weighted by Gasteiger charge is -2.40. The van der Waals surface area contributed by atoms with Crippen molar-refractivity contribution >= 4 is 5.78 Å². The lowest BCUT2D eigenvalue weighted by Crippen LogP contribution is -2.35. The van der Waals surface area contributed by atoms with E-state index in [1.807, 2.05) is 0 Å². The monoisotopic (exact) mass is 381 g/mol. The molecule has 0 bridgehead atoms. The van der Waals surface area contributed by atoms with Crippen molar-refractivity contribution < 1.29 is 4.79 Å². The molecule has 2 saturated carbocycles. The maximum absolute atomic E-state index is 12.8. The summed E-state index contributed by atoms with van der Waals surface area (Å²) in [4.78, 5) is 17.9. The largest absolute Gasteiger partial charge is 0.294 e. The zero-order chi connectivity index (χ0) is 19.6. The zero-order valence-electron chi connectivity index (χ0n) is 18.1. The van der Waals surface area contributed by atoms with Gasteiger partial charge in [-0.25, -0.2) is 0 Å². The molecule has 0 saturated heterocycles. The lowest BCUT2D eigenvalue weighted by molar-refractivity contribution is 0.0817. The van der Waals surface area contributed by atoms with Crippen molar-refractivity contribution in [2.24, 2.45) is 17.3 Å². The van der Waals surface area contributed by atoms with E-state index < -0.39 is 0 Å². The summed E-state index contributed by atoms with van der Waals surface area (Å²) < 4.78 is 0. The minimum atomic E-state index is 0.229. The first kappa shape index (κ1) is 20.1. The number of hydrogen-bond donors (Lipinski definition) is 0. The average molecular weight is 382 g/mol. The third-order valence-electron chi connectivity index (χ3n) is 8.20. The highest BCUT2D eigenvalue weighted by Crippen LogP contribution is 2.46. The molecule has 1 heterocycles. The van der Waals surface area contributed by atoms with Crippen molar-refractivity contribution in [3.8, 4) is 0 Å². The summed E-state index contributed by atoms with van der Waals surface area (Å²) in [6.45, 7) is 4.72. The third-order valence-corrected chi connectivity index (χ3v) is 8.20. The van der Waals surface area contributed by atoms with E-state index in [2.05, 4.69) is 26.0 Å². The number of Topliss-reactive ketones (excluding diaryl/α,β-unsaturated/α-hetero) is 1. The molecular formula is C26H39NO. The van der Waals surface area contributed by atoms with Crippen LogP contribution in [0.3, 0.4) is 0 Å². The van der Waals surface area contributed by atoms with Gasteiger partial charge in [-0.1, -0.05) is 65.2 Å². The molecule has 2 fully saturated rings. The molecule has 4 rings (SSSR count). The highest BCUT2D eigenvalue weighted by Gasteiger charge is 2.40. The van der Waals surface area contributed by atoms with Crippen LogP contribution >= 0.6 is 0 Å². The zero-order valence-corrected chi connectivity index (χ0v) is 18.1. The second-order valence-corrected chi connectivity index (χ2v) is 10.4. The average Bonchev–Trinajstić information content (AvgIpc) is 2.93. The Kier molecular flexibility index (Phi) is 6.23. The van der Waals surface area contributed by atoms with Crippen LogP contribution in [0.5, 0.6) is 0 Å². The van der Waals surface area contributed by atoms with Gasteiger partial charge in [0.2, 0.25) is 0 Å². The van der Waals surface area contributed by atoms with Gasteiger partial charge in [0.1, 0.15) is 0 Å². The van der Waals surface area contributed by atoms with Gasteiger partial charge in [-0.05, 0) is 67.4 Å². The van der Waals surface area contributed by atoms with Crippen LogP contribution in [-0.4, -0.2) is 10.8 Å². The number of aromatic nitrogens is 1. The number of carbonyl (C=O) groups is 1. The van der Waals surface area contributed by atoms with E-state index >= 15 is 0 Å². The smallest absolute Gasteiger partial charge is 0.165 e. The molecule has 3 aliphatic rings. The van der Waals surface area contributed by atoms with Crippen LogP contribution in [0, 0.1) is 17.3 Å². The van der Waals surface area contributed by atoms with Gasteiger partial charge in [-0.15, -0.1) is 0 Å². The van der Waals surface area contributed by atoms with Crippen molar-refractivity contribution in [3.63, 3.8) is 0 Å². The molecule has 0 aliphatic heterocycles. The van der Waals surface area contributed by atoms with Crippen LogP contribution in [0.25, 0.3) is 0 Å². The molecule has 0 radical (unpaired) electrons. The molecule has 3 unspecified atom stereocenters. The minimum Gasteiger partial charge on any atom is -0.294 e. The second kappa shape index (κ2) is 8.67. The fourth-order valence-electron chi connectivity index (χ4n) is 6.47. The van der Waals surface area contributed by atoms with Crippen molar-refractivity contribution in [1.82, 2.24) is 4.98 Å². The van der Waals surface area contributed by atoms with E-state index in [1.54, 1.807) is 0 Å². The Morgan fingerprint density at radius 2 is 1.79 bits per heavy atom. The normalized spacial score (nSPS) is 28.6. The summed E-state index contributed by atoms with van der Waals surface area (Å²) in [5.41, 5.74) is 3.51. The van der Waals surface area contributed by atoms with Gasteiger partial charge in [0.15, 0.2) is 5.78 Å². The highest BCUT2D eigenvalue weighted by molar-refractivity contribution is 5.98. The Labute approximate surface area is 171 Å². The molecule has 1 aromatic rings. The van der Waals surface area contributed by atoms with Gasteiger partial charge in [-0.3, -0.25) is 9.78 Å². The minimum absolute atomic E-state index is 0.229. The predicted molar refractivity (Wildman–Crippen MR) is 116 cm³/mol. The number of carbonyl (C=O) groups excluding carboxylic acids is 1. The van der Waals surface area contributed by atoms with Crippen LogP contribution in [0.4, 0.5) is 0 Å². The molecule has 3 atom stereocenters. The van der Waals surface area contributed by atoms with Crippen molar-refractivity contribution in [3.05, 3.63) is 29.1 Å². The summed E-state index contributed by atoms with van der Waals surface area (Å²) in [6, 6.07) is 4.27. The third kappa shape index (κ3) is 4.36. The number of nitrogens with zero attached hydrogens (tertiary/aromatic N) is 1. The lowest BCUT2D eigenvalue weighted by atomic mass is 9.64. The van der Waals surface area contributed by atoms with Crippen LogP contribution in [-0.2, 0) is 6.42 Å². The number of rotatable bonds is 4. The number of hydrogen-bond acceptors (Lipinski definition) is 2. The van der Waals surface area contributed by atoms with Gasteiger partial charge in [0.25, 0.3) is 0 Å². The number of fused-ring (bicyclic) bond motifs is 1. The molecule has 28 heavy (non-hydrogen) atoms. The Bertz CT molecular complexity index is 688. The van der Waals surface area contributed by atoms with E-state index in [4.69, 9.17) is 4.98 Å². The molecule has 1 aromatic heterocycles. The van der Waals surface area contributed by atoms with Crippen molar-refractivity contribution in [1.29, 1.82) is 0 Å². The van der Waals surface area contributed by atoms with Crippen molar-refractivity contribution in [2.45, 2.75) is 110 Å². The topological polar surface area (TPSA) is 30.0 Å². The highest BCUT2D eigenvalue weighted by atomic mass is 16.1. The van der Waals surface area contributed by atoms with Gasteiger partial charge >= 0.3 is 0 Å². The summed E-state index contributed by atoms with van der Waals surface area (Å²) in [5, 5.41) is 0. The van der Waals surface area contributed by atoms with E-state index in [0.717, 1.165) is 35.9 Å². The summed E-state index contributed by atoms with van der Waals surface area (Å²) in [7, 11) is 0. The van der Waals surface area contributed by atoms with Crippen LogP contribution in [0.15, 0.2) is 12.1 Å². The summed E-state index contributed by atoms with van der Waals surface area (Å²) in [6.07, 6.45) is 17.8. The Morgan fingerprint density at radius 3 is 2.54 bits per heavy atom. The quantitative estimate of drug-likeness (QED) is 0.514. The van der Waals surface area contributed by atoms with Crippen LogP contribution in [0.1, 0.15) is 125 Å². The number of ketones is 1. The van der Waals surface area contributed by atoms with Gasteiger partial charge in [-0.2, -0.15) is 0 Å². The SMILES string of the molecule is CCC1CCCCC(CC(C)c2ccc3c(n2)CC2(CCCCC2)CC3=O)C1. The first-order valence-corrected chi connectivity index (χ1v) is 12.1. The molecule has 0 N–H and O–H groups in total. The summed E-state index contributed by atoms with van der Waals surface area (Å²) >= 11 is 0. The van der Waals surface area contributed by atoms with E-state index in [9.17, 15) is 4.79 Å². The van der Waals surface area contributed by atoms with Crippen LogP contribution in [0.2, 0.25) is 0 Å². The molecule has 0 amide bonds. The predicted octanol–water partition coefficient (Wildman–Crippen LogP) is 7.26. The fraction of sp³-hybridized carbons (Fsp3) is 0.769. The van der Waals surface area contributed by atoms with Crippen molar-refractivity contribution in [2.75, 3.05) is 0 Å². The Balaban J connectivity index is 1.48. The Hall–Kier alpha value is -1.18. The molecule has 2 heteroatoms. The van der Waals surface area contributed by atoms with E-state index in [-0.39, 0.29) is 5.41 Å². The van der Waals surface area contributed by atoms with E-state index in [0.29, 0.717) is 11.7 Å². The molecule has 0 aromatic carbocycles.